The zero-order valence-corrected chi connectivity index (χ0v) is 29.9. The van der Waals surface area contributed by atoms with E-state index in [2.05, 4.69) is 96.6 Å². The number of piperazine rings is 1. The molecule has 2 saturated heterocycles. The van der Waals surface area contributed by atoms with Gasteiger partial charge in [0.25, 0.3) is 0 Å². The Balaban J connectivity index is 1.08. The van der Waals surface area contributed by atoms with Gasteiger partial charge in [-0.2, -0.15) is 4.98 Å². The number of hydrogen-bond donors (Lipinski definition) is 3. The van der Waals surface area contributed by atoms with Crippen molar-refractivity contribution in [2.45, 2.75) is 57.4 Å². The fraction of sp³-hybridized carbons (Fsp3) is 0.486. The summed E-state index contributed by atoms with van der Waals surface area (Å²) in [5.74, 6) is 2.47. The van der Waals surface area contributed by atoms with E-state index in [4.69, 9.17) is 14.7 Å². The molecule has 0 amide bonds. The number of rotatable bonds is 11. The molecule has 1 saturated carbocycles. The number of anilines is 5. The van der Waals surface area contributed by atoms with Crippen LogP contribution in [0.1, 0.15) is 54.8 Å². The molecule has 4 heterocycles. The lowest BCUT2D eigenvalue weighted by Crippen LogP contribution is -2.52. The Morgan fingerprint density at radius 1 is 0.938 bits per heavy atom. The standard InChI is InChI=1S/C37H47BrN8O2/c1-24-21-33(35(48-3)22-34(24)46-14-12-26(13-15-46)45-18-16-44(2)17-19-45)42-37-39-23-29(38)36(43-37)41-32-11-10-31-28(27(32)5-4-20-47)8-9-30(40-31)25-6-7-25/h8-11,21-23,25-26,47H,4-7,12-20H2,1-3H3,(H2,39,41,42,43). The lowest BCUT2D eigenvalue weighted by molar-refractivity contribution is 0.0982. The third kappa shape index (κ3) is 7.24. The number of aryl methyl sites for hydroxylation is 2. The molecule has 0 unspecified atom stereocenters. The van der Waals surface area contributed by atoms with E-state index in [0.29, 0.717) is 30.1 Å². The number of methoxy groups -OCH3 is 1. The van der Waals surface area contributed by atoms with Crippen molar-refractivity contribution in [1.82, 2.24) is 24.8 Å². The van der Waals surface area contributed by atoms with Gasteiger partial charge in [-0.15, -0.1) is 0 Å². The summed E-state index contributed by atoms with van der Waals surface area (Å²) in [6.07, 6.45) is 7.96. The van der Waals surface area contributed by atoms with Gasteiger partial charge >= 0.3 is 0 Å². The number of nitrogens with one attached hydrogen (secondary N) is 2. The van der Waals surface area contributed by atoms with Gasteiger partial charge in [-0.25, -0.2) is 4.98 Å². The number of pyridine rings is 1. The van der Waals surface area contributed by atoms with Crippen LogP contribution in [0.15, 0.2) is 47.1 Å². The quantitative estimate of drug-likeness (QED) is 0.157. The third-order valence-electron chi connectivity index (χ3n) is 10.2. The van der Waals surface area contributed by atoms with Gasteiger partial charge in [0.15, 0.2) is 0 Å². The Hall–Kier alpha value is -3.51. The molecule has 1 aliphatic carbocycles. The average Bonchev–Trinajstić information content (AvgIpc) is 3.96. The van der Waals surface area contributed by atoms with Crippen LogP contribution in [-0.4, -0.2) is 95.9 Å². The number of aliphatic hydroxyl groups is 1. The van der Waals surface area contributed by atoms with Crippen LogP contribution in [0.5, 0.6) is 5.75 Å². The molecule has 0 spiro atoms. The Kier molecular flexibility index (Phi) is 10.00. The SMILES string of the molecule is COc1cc(N2CCC(N3CCN(C)CC3)CC2)c(C)cc1Nc1ncc(Br)c(Nc2ccc3nc(C4CC4)ccc3c2CCCO)n1. The van der Waals surface area contributed by atoms with Crippen molar-refractivity contribution >= 4 is 55.7 Å². The monoisotopic (exact) mass is 714 g/mol. The van der Waals surface area contributed by atoms with Crippen LogP contribution in [0.2, 0.25) is 0 Å². The fourth-order valence-electron chi connectivity index (χ4n) is 7.24. The van der Waals surface area contributed by atoms with Crippen molar-refractivity contribution in [1.29, 1.82) is 0 Å². The molecule has 2 aromatic heterocycles. The van der Waals surface area contributed by atoms with Gasteiger partial charge in [0.2, 0.25) is 5.95 Å². The maximum atomic E-state index is 9.66. The summed E-state index contributed by atoms with van der Waals surface area (Å²) in [7, 11) is 3.93. The van der Waals surface area contributed by atoms with E-state index >= 15 is 0 Å². The lowest BCUT2D eigenvalue weighted by Gasteiger charge is -2.43. The minimum Gasteiger partial charge on any atom is -0.494 e. The van der Waals surface area contributed by atoms with Gasteiger partial charge in [-0.1, -0.05) is 6.07 Å². The minimum atomic E-state index is 0.129. The molecule has 3 aliphatic rings. The molecular formula is C37H47BrN8O2. The van der Waals surface area contributed by atoms with Gasteiger partial charge in [-0.05, 0) is 104 Å². The summed E-state index contributed by atoms with van der Waals surface area (Å²) >= 11 is 3.66. The van der Waals surface area contributed by atoms with Crippen LogP contribution in [0.25, 0.3) is 10.9 Å². The highest BCUT2D eigenvalue weighted by atomic mass is 79.9. The van der Waals surface area contributed by atoms with Gasteiger partial charge in [0.05, 0.1) is 22.8 Å². The zero-order valence-electron chi connectivity index (χ0n) is 28.3. The second-order valence-corrected chi connectivity index (χ2v) is 14.4. The van der Waals surface area contributed by atoms with Gasteiger partial charge < -0.3 is 30.3 Å². The van der Waals surface area contributed by atoms with E-state index in [1.165, 1.54) is 68.8 Å². The molecule has 7 rings (SSSR count). The summed E-state index contributed by atoms with van der Waals surface area (Å²) in [4.78, 5) is 22.0. The Bertz CT molecular complexity index is 1750. The van der Waals surface area contributed by atoms with E-state index in [-0.39, 0.29) is 6.61 Å². The number of hydrogen-bond acceptors (Lipinski definition) is 10. The number of benzene rings is 2. The van der Waals surface area contributed by atoms with Crippen LogP contribution in [-0.2, 0) is 6.42 Å². The molecule has 2 aromatic carbocycles. The summed E-state index contributed by atoms with van der Waals surface area (Å²) < 4.78 is 6.64. The van der Waals surface area contributed by atoms with E-state index in [1.807, 2.05) is 0 Å². The third-order valence-corrected chi connectivity index (χ3v) is 10.8. The maximum absolute atomic E-state index is 9.66. The number of nitrogens with zero attached hydrogens (tertiary/aromatic N) is 6. The first-order valence-electron chi connectivity index (χ1n) is 17.4. The molecule has 0 radical (unpaired) electrons. The van der Waals surface area contributed by atoms with Crippen LogP contribution in [0, 0.1) is 6.92 Å². The first-order chi connectivity index (χ1) is 23.4. The summed E-state index contributed by atoms with van der Waals surface area (Å²) in [5, 5.41) is 17.7. The fourth-order valence-corrected chi connectivity index (χ4v) is 7.53. The van der Waals surface area contributed by atoms with Crippen LogP contribution in [0.3, 0.4) is 0 Å². The molecule has 0 bridgehead atoms. The topological polar surface area (TPSA) is 102 Å². The first-order valence-corrected chi connectivity index (χ1v) is 18.2. The highest BCUT2D eigenvalue weighted by Gasteiger charge is 2.28. The summed E-state index contributed by atoms with van der Waals surface area (Å²) in [6, 6.07) is 13.4. The number of halogens is 1. The highest BCUT2D eigenvalue weighted by molar-refractivity contribution is 9.10. The second kappa shape index (κ2) is 14.5. The Labute approximate surface area is 292 Å². The van der Waals surface area contributed by atoms with Gasteiger partial charge in [0, 0.05) is 92.6 Å². The van der Waals surface area contributed by atoms with Crippen LogP contribution < -0.4 is 20.3 Å². The second-order valence-electron chi connectivity index (χ2n) is 13.5. The van der Waals surface area contributed by atoms with E-state index in [1.54, 1.807) is 13.3 Å². The number of aliphatic hydroxyl groups excluding tert-OH is 1. The molecule has 48 heavy (non-hydrogen) atoms. The van der Waals surface area contributed by atoms with E-state index in [0.717, 1.165) is 57.6 Å². The van der Waals surface area contributed by atoms with Gasteiger partial charge in [0.1, 0.15) is 11.6 Å². The molecule has 0 atom stereocenters. The Morgan fingerprint density at radius 2 is 1.73 bits per heavy atom. The van der Waals surface area contributed by atoms with Gasteiger partial charge in [-0.3, -0.25) is 9.88 Å². The number of ether oxygens (including phenoxy) is 1. The van der Waals surface area contributed by atoms with Crippen molar-refractivity contribution in [3.05, 3.63) is 63.9 Å². The molecule has 11 heteroatoms. The zero-order chi connectivity index (χ0) is 33.2. The van der Waals surface area contributed by atoms with Crippen molar-refractivity contribution in [2.75, 3.05) is 75.6 Å². The Morgan fingerprint density at radius 3 is 2.46 bits per heavy atom. The van der Waals surface area contributed by atoms with Crippen molar-refractivity contribution in [2.24, 2.45) is 0 Å². The summed E-state index contributed by atoms with van der Waals surface area (Å²) in [5.41, 5.74) is 7.47. The van der Waals surface area contributed by atoms with Crippen molar-refractivity contribution < 1.29 is 9.84 Å². The molecule has 10 nitrogen and oxygen atoms in total. The average molecular weight is 716 g/mol. The number of piperidine rings is 1. The van der Waals surface area contributed by atoms with Crippen LogP contribution >= 0.6 is 15.9 Å². The number of likely N-dealkylation sites (N-methyl/N-ethyl adjacent to an activating group) is 1. The summed E-state index contributed by atoms with van der Waals surface area (Å²) in [6.45, 7) is 9.07. The minimum absolute atomic E-state index is 0.129. The lowest BCUT2D eigenvalue weighted by atomic mass is 10.0. The van der Waals surface area contributed by atoms with Crippen molar-refractivity contribution in [3.8, 4) is 5.75 Å². The predicted octanol–water partition coefficient (Wildman–Crippen LogP) is 6.61. The first kappa shape index (κ1) is 33.0. The predicted molar refractivity (Wildman–Crippen MR) is 197 cm³/mol. The highest BCUT2D eigenvalue weighted by Crippen LogP contribution is 2.41. The maximum Gasteiger partial charge on any atom is 0.229 e. The van der Waals surface area contributed by atoms with Crippen molar-refractivity contribution in [3.63, 3.8) is 0 Å². The number of aromatic nitrogens is 3. The van der Waals surface area contributed by atoms with Crippen LogP contribution in [0.4, 0.5) is 28.8 Å². The number of fused-ring (bicyclic) bond motifs is 1. The molecule has 254 valence electrons. The molecule has 3 fully saturated rings. The smallest absolute Gasteiger partial charge is 0.229 e. The molecule has 2 aliphatic heterocycles. The molecule has 3 N–H and O–H groups in total. The normalized spacial score (nSPS) is 18.0. The largest absolute Gasteiger partial charge is 0.494 e. The molecule has 4 aromatic rings. The van der Waals surface area contributed by atoms with E-state index in [9.17, 15) is 5.11 Å². The van der Waals surface area contributed by atoms with E-state index < -0.39 is 0 Å². The molecular weight excluding hydrogens is 668 g/mol.